The highest BCUT2D eigenvalue weighted by Crippen LogP contribution is 2.20. The SMILES string of the molecule is CC(Cc1cccc(F)c1)C(=O)NCc1ccc(N2CCSCC2)cc1. The van der Waals surface area contributed by atoms with Gasteiger partial charge in [0.05, 0.1) is 0 Å². The van der Waals surface area contributed by atoms with E-state index in [9.17, 15) is 9.18 Å². The molecule has 1 amide bonds. The number of halogens is 1. The Morgan fingerprint density at radius 2 is 1.88 bits per heavy atom. The molecule has 1 unspecified atom stereocenters. The Morgan fingerprint density at radius 3 is 2.58 bits per heavy atom. The van der Waals surface area contributed by atoms with Crippen molar-refractivity contribution in [3.63, 3.8) is 0 Å². The Morgan fingerprint density at radius 1 is 1.15 bits per heavy atom. The minimum atomic E-state index is -0.262. The molecule has 3 nitrogen and oxygen atoms in total. The average molecular weight is 373 g/mol. The minimum Gasteiger partial charge on any atom is -0.370 e. The molecule has 5 heteroatoms. The maximum absolute atomic E-state index is 13.3. The number of nitrogens with zero attached hydrogens (tertiary/aromatic N) is 1. The van der Waals surface area contributed by atoms with Gasteiger partial charge in [-0.05, 0) is 41.8 Å². The van der Waals surface area contributed by atoms with Gasteiger partial charge in [0.15, 0.2) is 0 Å². The Balaban J connectivity index is 1.49. The third-order valence-electron chi connectivity index (χ3n) is 4.66. The number of hydrogen-bond donors (Lipinski definition) is 1. The van der Waals surface area contributed by atoms with E-state index in [1.165, 1.54) is 29.3 Å². The van der Waals surface area contributed by atoms with E-state index < -0.39 is 0 Å². The fraction of sp³-hybridized carbons (Fsp3) is 0.381. The molecule has 0 aliphatic carbocycles. The van der Waals surface area contributed by atoms with Gasteiger partial charge in [0.25, 0.3) is 0 Å². The van der Waals surface area contributed by atoms with Crippen molar-refractivity contribution in [2.75, 3.05) is 29.5 Å². The van der Waals surface area contributed by atoms with Crippen LogP contribution in [-0.4, -0.2) is 30.5 Å². The summed E-state index contributed by atoms with van der Waals surface area (Å²) >= 11 is 2.00. The maximum Gasteiger partial charge on any atom is 0.223 e. The quantitative estimate of drug-likeness (QED) is 0.835. The van der Waals surface area contributed by atoms with Gasteiger partial charge >= 0.3 is 0 Å². The number of thioether (sulfide) groups is 1. The summed E-state index contributed by atoms with van der Waals surface area (Å²) in [6.07, 6.45) is 0.537. The molecule has 1 N–H and O–H groups in total. The molecular weight excluding hydrogens is 347 g/mol. The van der Waals surface area contributed by atoms with E-state index in [0.29, 0.717) is 13.0 Å². The van der Waals surface area contributed by atoms with E-state index in [0.717, 1.165) is 24.2 Å². The molecule has 0 bridgehead atoms. The Bertz CT molecular complexity index is 729. The molecule has 2 aromatic rings. The second-order valence-corrected chi connectivity index (χ2v) is 7.94. The van der Waals surface area contributed by atoms with Crippen LogP contribution in [0.3, 0.4) is 0 Å². The standard InChI is InChI=1S/C21H25FN2OS/c1-16(13-18-3-2-4-19(22)14-18)21(25)23-15-17-5-7-20(8-6-17)24-9-11-26-12-10-24/h2-8,14,16H,9-13,15H2,1H3,(H,23,25). The number of benzene rings is 2. The molecule has 1 aliphatic rings. The van der Waals surface area contributed by atoms with Gasteiger partial charge in [-0.2, -0.15) is 11.8 Å². The molecule has 1 fully saturated rings. The fourth-order valence-corrected chi connectivity index (χ4v) is 4.02. The third-order valence-corrected chi connectivity index (χ3v) is 5.60. The molecule has 1 aliphatic heterocycles. The van der Waals surface area contributed by atoms with Crippen LogP contribution < -0.4 is 10.2 Å². The van der Waals surface area contributed by atoms with E-state index in [1.54, 1.807) is 6.07 Å². The maximum atomic E-state index is 13.3. The normalized spacial score (nSPS) is 15.5. The van der Waals surface area contributed by atoms with Gasteiger partial charge in [-0.1, -0.05) is 31.2 Å². The number of amides is 1. The predicted octanol–water partition coefficient (Wildman–Crippen LogP) is 3.87. The molecule has 1 atom stereocenters. The molecule has 2 aromatic carbocycles. The van der Waals surface area contributed by atoms with E-state index >= 15 is 0 Å². The highest BCUT2D eigenvalue weighted by molar-refractivity contribution is 7.99. The first-order valence-electron chi connectivity index (χ1n) is 9.05. The first-order valence-corrected chi connectivity index (χ1v) is 10.2. The smallest absolute Gasteiger partial charge is 0.223 e. The molecule has 0 spiro atoms. The van der Waals surface area contributed by atoms with Crippen LogP contribution in [-0.2, 0) is 17.8 Å². The zero-order valence-corrected chi connectivity index (χ0v) is 15.9. The highest BCUT2D eigenvalue weighted by atomic mass is 32.2. The highest BCUT2D eigenvalue weighted by Gasteiger charge is 2.14. The fourth-order valence-electron chi connectivity index (χ4n) is 3.12. The van der Waals surface area contributed by atoms with Gasteiger partial charge in [-0.3, -0.25) is 4.79 Å². The van der Waals surface area contributed by atoms with Crippen LogP contribution in [0.25, 0.3) is 0 Å². The first-order chi connectivity index (χ1) is 12.6. The van der Waals surface area contributed by atoms with Crippen molar-refractivity contribution in [3.05, 3.63) is 65.5 Å². The topological polar surface area (TPSA) is 32.3 Å². The third kappa shape index (κ3) is 5.24. The van der Waals surface area contributed by atoms with Crippen LogP contribution in [0.5, 0.6) is 0 Å². The molecule has 3 rings (SSSR count). The summed E-state index contributed by atoms with van der Waals surface area (Å²) in [5.74, 6) is 1.90. The van der Waals surface area contributed by atoms with Gasteiger partial charge in [-0.25, -0.2) is 4.39 Å². The van der Waals surface area contributed by atoms with E-state index in [4.69, 9.17) is 0 Å². The summed E-state index contributed by atoms with van der Waals surface area (Å²) in [4.78, 5) is 14.7. The Hall–Kier alpha value is -2.01. The van der Waals surface area contributed by atoms with Crippen molar-refractivity contribution < 1.29 is 9.18 Å². The molecule has 26 heavy (non-hydrogen) atoms. The average Bonchev–Trinajstić information content (AvgIpc) is 2.67. The number of rotatable bonds is 6. The summed E-state index contributed by atoms with van der Waals surface area (Å²) in [7, 11) is 0. The zero-order chi connectivity index (χ0) is 18.4. The lowest BCUT2D eigenvalue weighted by Crippen LogP contribution is -2.32. The van der Waals surface area contributed by atoms with Crippen molar-refractivity contribution in [3.8, 4) is 0 Å². The summed E-state index contributed by atoms with van der Waals surface area (Å²) in [6.45, 7) is 4.58. The van der Waals surface area contributed by atoms with Crippen molar-refractivity contribution in [1.29, 1.82) is 0 Å². The number of carbonyl (C=O) groups is 1. The summed E-state index contributed by atoms with van der Waals surface area (Å²) in [5, 5.41) is 2.98. The number of anilines is 1. The van der Waals surface area contributed by atoms with Gasteiger partial charge in [-0.15, -0.1) is 0 Å². The largest absolute Gasteiger partial charge is 0.370 e. The van der Waals surface area contributed by atoms with Crippen molar-refractivity contribution in [2.24, 2.45) is 5.92 Å². The predicted molar refractivity (Wildman–Crippen MR) is 107 cm³/mol. The van der Waals surface area contributed by atoms with Crippen LogP contribution in [0.4, 0.5) is 10.1 Å². The lowest BCUT2D eigenvalue weighted by molar-refractivity contribution is -0.124. The zero-order valence-electron chi connectivity index (χ0n) is 15.1. The first kappa shape index (κ1) is 18.8. The molecule has 138 valence electrons. The minimum absolute atomic E-state index is 0.00797. The van der Waals surface area contributed by atoms with E-state index in [2.05, 4.69) is 34.5 Å². The lowest BCUT2D eigenvalue weighted by Gasteiger charge is -2.28. The van der Waals surface area contributed by atoms with Crippen molar-refractivity contribution >= 4 is 23.4 Å². The molecule has 1 saturated heterocycles. The Labute approximate surface area is 159 Å². The number of carbonyl (C=O) groups excluding carboxylic acids is 1. The van der Waals surface area contributed by atoms with Gasteiger partial charge in [0, 0.05) is 42.7 Å². The van der Waals surface area contributed by atoms with Gasteiger partial charge in [0.1, 0.15) is 5.82 Å². The van der Waals surface area contributed by atoms with Crippen molar-refractivity contribution in [1.82, 2.24) is 5.32 Å². The second-order valence-electron chi connectivity index (χ2n) is 6.72. The van der Waals surface area contributed by atoms with Gasteiger partial charge < -0.3 is 10.2 Å². The lowest BCUT2D eigenvalue weighted by atomic mass is 10.0. The van der Waals surface area contributed by atoms with Crippen molar-refractivity contribution in [2.45, 2.75) is 19.9 Å². The molecular formula is C21H25FN2OS. The molecule has 0 aromatic heterocycles. The van der Waals surface area contributed by atoms with Crippen LogP contribution in [0.1, 0.15) is 18.1 Å². The van der Waals surface area contributed by atoms with Crippen LogP contribution in [0.15, 0.2) is 48.5 Å². The monoisotopic (exact) mass is 372 g/mol. The summed E-state index contributed by atoms with van der Waals surface area (Å²) in [5.41, 5.74) is 3.18. The summed E-state index contributed by atoms with van der Waals surface area (Å²) in [6, 6.07) is 14.9. The molecule has 0 saturated carbocycles. The van der Waals surface area contributed by atoms with E-state index in [1.807, 2.05) is 24.8 Å². The van der Waals surface area contributed by atoms with Crippen LogP contribution in [0, 0.1) is 11.7 Å². The van der Waals surface area contributed by atoms with Gasteiger partial charge in [0.2, 0.25) is 5.91 Å². The Kier molecular flexibility index (Phi) is 6.56. The number of hydrogen-bond acceptors (Lipinski definition) is 3. The van der Waals surface area contributed by atoms with Crippen LogP contribution >= 0.6 is 11.8 Å². The number of nitrogens with one attached hydrogen (secondary N) is 1. The molecule has 1 heterocycles. The summed E-state index contributed by atoms with van der Waals surface area (Å²) < 4.78 is 13.3. The second kappa shape index (κ2) is 9.08. The van der Waals surface area contributed by atoms with Crippen LogP contribution in [0.2, 0.25) is 0 Å². The molecule has 0 radical (unpaired) electrons. The van der Waals surface area contributed by atoms with E-state index in [-0.39, 0.29) is 17.6 Å².